The molecule has 1 aliphatic heterocycles. The highest BCUT2D eigenvalue weighted by Gasteiger charge is 2.13. The number of rotatable bonds is 5. The second-order valence-electron chi connectivity index (χ2n) is 4.80. The van der Waals surface area contributed by atoms with Gasteiger partial charge < -0.3 is 4.74 Å². The molecule has 0 radical (unpaired) electrons. The topological polar surface area (TPSA) is 79.4 Å². The van der Waals surface area contributed by atoms with E-state index in [1.807, 2.05) is 6.07 Å². The smallest absolute Gasteiger partial charge is 0.273 e. The van der Waals surface area contributed by atoms with Crippen molar-refractivity contribution in [1.82, 2.24) is 4.90 Å². The van der Waals surface area contributed by atoms with Gasteiger partial charge >= 0.3 is 0 Å². The molecular weight excluding hydrogens is 258 g/mol. The molecule has 0 aliphatic carbocycles. The van der Waals surface area contributed by atoms with Gasteiger partial charge in [-0.15, -0.1) is 0 Å². The Labute approximate surface area is 117 Å². The van der Waals surface area contributed by atoms with Crippen molar-refractivity contribution in [2.24, 2.45) is 0 Å². The summed E-state index contributed by atoms with van der Waals surface area (Å²) in [7, 11) is 0. The molecule has 1 aliphatic rings. The standard InChI is InChI=1S/C14H17N3O3/c15-11-12-4-5-13(17(18)19)10-14(12)20-9-8-16-6-2-1-3-7-16/h4-5,10H,1-3,6-9H2. The molecule has 1 aromatic carbocycles. The number of likely N-dealkylation sites (tertiary alicyclic amines) is 1. The summed E-state index contributed by atoms with van der Waals surface area (Å²) >= 11 is 0. The second kappa shape index (κ2) is 6.87. The van der Waals surface area contributed by atoms with Crippen LogP contribution in [0, 0.1) is 21.4 Å². The number of nitro groups is 1. The summed E-state index contributed by atoms with van der Waals surface area (Å²) in [6.45, 7) is 3.37. The zero-order valence-corrected chi connectivity index (χ0v) is 11.2. The number of nitro benzene ring substituents is 1. The maximum absolute atomic E-state index is 10.7. The molecule has 0 amide bonds. The number of hydrogen-bond acceptors (Lipinski definition) is 5. The molecule has 0 atom stereocenters. The van der Waals surface area contributed by atoms with Gasteiger partial charge in [0.1, 0.15) is 18.4 Å². The van der Waals surface area contributed by atoms with E-state index >= 15 is 0 Å². The highest BCUT2D eigenvalue weighted by atomic mass is 16.6. The fourth-order valence-corrected chi connectivity index (χ4v) is 2.30. The van der Waals surface area contributed by atoms with E-state index in [1.165, 1.54) is 37.5 Å². The van der Waals surface area contributed by atoms with Crippen molar-refractivity contribution in [3.05, 3.63) is 33.9 Å². The van der Waals surface area contributed by atoms with Crippen LogP contribution in [0.25, 0.3) is 0 Å². The first kappa shape index (κ1) is 14.3. The predicted octanol–water partition coefficient (Wildman–Crippen LogP) is 2.33. The van der Waals surface area contributed by atoms with Gasteiger partial charge in [-0.1, -0.05) is 6.42 Å². The van der Waals surface area contributed by atoms with Crippen LogP contribution in [-0.2, 0) is 0 Å². The Morgan fingerprint density at radius 3 is 2.75 bits per heavy atom. The molecule has 1 fully saturated rings. The summed E-state index contributed by atoms with van der Waals surface area (Å²) in [5.41, 5.74) is 0.270. The lowest BCUT2D eigenvalue weighted by Gasteiger charge is -2.26. The van der Waals surface area contributed by atoms with E-state index in [1.54, 1.807) is 0 Å². The van der Waals surface area contributed by atoms with Gasteiger partial charge in [0.15, 0.2) is 0 Å². The third kappa shape index (κ3) is 3.68. The lowest BCUT2D eigenvalue weighted by atomic mass is 10.1. The molecule has 1 aromatic rings. The zero-order chi connectivity index (χ0) is 14.4. The molecule has 1 saturated heterocycles. The SMILES string of the molecule is N#Cc1ccc([N+](=O)[O-])cc1OCCN1CCCCC1. The Balaban J connectivity index is 1.95. The van der Waals surface area contributed by atoms with E-state index < -0.39 is 4.92 Å². The van der Waals surface area contributed by atoms with E-state index in [4.69, 9.17) is 10.00 Å². The first-order chi connectivity index (χ1) is 9.70. The summed E-state index contributed by atoms with van der Waals surface area (Å²) in [4.78, 5) is 12.6. The first-order valence-electron chi connectivity index (χ1n) is 6.74. The summed E-state index contributed by atoms with van der Waals surface area (Å²) in [5.74, 6) is 0.290. The van der Waals surface area contributed by atoms with Crippen LogP contribution in [0.3, 0.4) is 0 Å². The summed E-state index contributed by atoms with van der Waals surface area (Å²) < 4.78 is 5.55. The molecule has 0 N–H and O–H groups in total. The van der Waals surface area contributed by atoms with Crippen LogP contribution in [0.1, 0.15) is 24.8 Å². The largest absolute Gasteiger partial charge is 0.491 e. The highest BCUT2D eigenvalue weighted by Crippen LogP contribution is 2.24. The van der Waals surface area contributed by atoms with E-state index in [2.05, 4.69) is 4.90 Å². The Morgan fingerprint density at radius 1 is 1.35 bits per heavy atom. The van der Waals surface area contributed by atoms with Crippen LogP contribution in [0.4, 0.5) is 5.69 Å². The number of nitriles is 1. The molecule has 6 heteroatoms. The quantitative estimate of drug-likeness (QED) is 0.608. The molecule has 2 rings (SSSR count). The molecule has 20 heavy (non-hydrogen) atoms. The monoisotopic (exact) mass is 275 g/mol. The number of nitrogens with zero attached hydrogens (tertiary/aromatic N) is 3. The molecule has 0 unspecified atom stereocenters. The maximum atomic E-state index is 10.7. The van der Waals surface area contributed by atoms with Crippen molar-refractivity contribution in [3.63, 3.8) is 0 Å². The highest BCUT2D eigenvalue weighted by molar-refractivity contribution is 5.49. The Bertz CT molecular complexity index is 519. The van der Waals surface area contributed by atoms with Crippen molar-refractivity contribution in [3.8, 4) is 11.8 Å². The molecule has 1 heterocycles. The second-order valence-corrected chi connectivity index (χ2v) is 4.80. The molecule has 0 spiro atoms. The normalized spacial score (nSPS) is 15.6. The van der Waals surface area contributed by atoms with Crippen molar-refractivity contribution < 1.29 is 9.66 Å². The lowest BCUT2D eigenvalue weighted by molar-refractivity contribution is -0.384. The first-order valence-corrected chi connectivity index (χ1v) is 6.74. The van der Waals surface area contributed by atoms with Gasteiger partial charge in [-0.25, -0.2) is 0 Å². The van der Waals surface area contributed by atoms with Gasteiger partial charge in [-0.05, 0) is 32.0 Å². The molecule has 0 bridgehead atoms. The molecular formula is C14H17N3O3. The van der Waals surface area contributed by atoms with E-state index in [0.717, 1.165) is 19.6 Å². The third-order valence-corrected chi connectivity index (χ3v) is 3.41. The van der Waals surface area contributed by atoms with Crippen LogP contribution >= 0.6 is 0 Å². The minimum Gasteiger partial charge on any atom is -0.491 e. The number of ether oxygens (including phenoxy) is 1. The van der Waals surface area contributed by atoms with Crippen LogP contribution in [0.15, 0.2) is 18.2 Å². The summed E-state index contributed by atoms with van der Waals surface area (Å²) in [6, 6.07) is 6.04. The van der Waals surface area contributed by atoms with Crippen LogP contribution < -0.4 is 4.74 Å². The van der Waals surface area contributed by atoms with E-state index in [-0.39, 0.29) is 5.69 Å². The summed E-state index contributed by atoms with van der Waals surface area (Å²) in [6.07, 6.45) is 3.70. The molecule has 106 valence electrons. The number of piperidine rings is 1. The van der Waals surface area contributed by atoms with Gasteiger partial charge in [0.05, 0.1) is 16.6 Å². The third-order valence-electron chi connectivity index (χ3n) is 3.41. The van der Waals surface area contributed by atoms with E-state index in [0.29, 0.717) is 17.9 Å². The van der Waals surface area contributed by atoms with Crippen molar-refractivity contribution in [2.45, 2.75) is 19.3 Å². The maximum Gasteiger partial charge on any atom is 0.273 e. The Hall–Kier alpha value is -2.13. The van der Waals surface area contributed by atoms with Gasteiger partial charge in [0.25, 0.3) is 5.69 Å². The van der Waals surface area contributed by atoms with Crippen LogP contribution in [0.5, 0.6) is 5.75 Å². The van der Waals surface area contributed by atoms with Crippen molar-refractivity contribution in [1.29, 1.82) is 5.26 Å². The predicted molar refractivity (Wildman–Crippen MR) is 73.6 cm³/mol. The Kier molecular flexibility index (Phi) is 4.91. The minimum absolute atomic E-state index is 0.0584. The zero-order valence-electron chi connectivity index (χ0n) is 11.2. The average molecular weight is 275 g/mol. The Morgan fingerprint density at radius 2 is 2.10 bits per heavy atom. The fraction of sp³-hybridized carbons (Fsp3) is 0.500. The molecule has 0 aromatic heterocycles. The van der Waals surface area contributed by atoms with Gasteiger partial charge in [-0.3, -0.25) is 15.0 Å². The summed E-state index contributed by atoms with van der Waals surface area (Å²) in [5, 5.41) is 19.7. The fourth-order valence-electron chi connectivity index (χ4n) is 2.30. The van der Waals surface area contributed by atoms with E-state index in [9.17, 15) is 10.1 Å². The van der Waals surface area contributed by atoms with Gasteiger partial charge in [-0.2, -0.15) is 5.26 Å². The van der Waals surface area contributed by atoms with Crippen LogP contribution in [-0.4, -0.2) is 36.1 Å². The molecule has 0 saturated carbocycles. The lowest BCUT2D eigenvalue weighted by Crippen LogP contribution is -2.33. The molecule has 6 nitrogen and oxygen atoms in total. The van der Waals surface area contributed by atoms with Crippen LogP contribution in [0.2, 0.25) is 0 Å². The minimum atomic E-state index is -0.487. The van der Waals surface area contributed by atoms with Gasteiger partial charge in [0, 0.05) is 12.6 Å². The van der Waals surface area contributed by atoms with Crippen molar-refractivity contribution >= 4 is 5.69 Å². The average Bonchev–Trinajstić information content (AvgIpc) is 2.48. The van der Waals surface area contributed by atoms with Gasteiger partial charge in [0.2, 0.25) is 0 Å². The number of benzene rings is 1. The number of non-ortho nitro benzene ring substituents is 1. The number of hydrogen-bond donors (Lipinski definition) is 0. The van der Waals surface area contributed by atoms with Crippen molar-refractivity contribution in [2.75, 3.05) is 26.2 Å².